The summed E-state index contributed by atoms with van der Waals surface area (Å²) in [5.41, 5.74) is 0.0739. The van der Waals surface area contributed by atoms with E-state index in [4.69, 9.17) is 9.47 Å². The molecule has 0 aromatic carbocycles. The molecule has 2 aromatic rings. The van der Waals surface area contributed by atoms with Gasteiger partial charge in [0.05, 0.1) is 12.4 Å². The molecule has 1 atom stereocenters. The minimum atomic E-state index is -0.401. The zero-order chi connectivity index (χ0) is 18.6. The van der Waals surface area contributed by atoms with Crippen LogP contribution in [0.2, 0.25) is 0 Å². The fraction of sp³-hybridized carbons (Fsp3) is 0.625. The molecule has 0 aliphatic rings. The monoisotopic (exact) mass is 352 g/mol. The zero-order valence-electron chi connectivity index (χ0n) is 15.0. The molecule has 2 heterocycles. The summed E-state index contributed by atoms with van der Waals surface area (Å²) in [6, 6.07) is 0. The molecule has 0 fully saturated rings. The van der Waals surface area contributed by atoms with Crippen molar-refractivity contribution in [1.82, 2.24) is 18.7 Å². The SMILES string of the molecule is COCC(=O)O[C@H](C)CCCCn1c(=O)c2c(ncn2C)n(C)c1=O. The number of imidazole rings is 1. The summed E-state index contributed by atoms with van der Waals surface area (Å²) in [5.74, 6) is -0.401. The highest BCUT2D eigenvalue weighted by Crippen LogP contribution is 2.07. The molecule has 0 radical (unpaired) electrons. The van der Waals surface area contributed by atoms with Crippen LogP contribution < -0.4 is 11.2 Å². The Morgan fingerprint density at radius 3 is 2.68 bits per heavy atom. The van der Waals surface area contributed by atoms with Crippen molar-refractivity contribution in [1.29, 1.82) is 0 Å². The van der Waals surface area contributed by atoms with Gasteiger partial charge >= 0.3 is 11.7 Å². The zero-order valence-corrected chi connectivity index (χ0v) is 15.0. The van der Waals surface area contributed by atoms with Gasteiger partial charge in [0.2, 0.25) is 0 Å². The lowest BCUT2D eigenvalue weighted by molar-refractivity contribution is -0.152. The fourth-order valence-corrected chi connectivity index (χ4v) is 2.73. The highest BCUT2D eigenvalue weighted by atomic mass is 16.6. The number of aryl methyl sites for hydroxylation is 2. The third-order valence-electron chi connectivity index (χ3n) is 4.04. The van der Waals surface area contributed by atoms with Gasteiger partial charge in [-0.2, -0.15) is 0 Å². The number of aromatic nitrogens is 4. The van der Waals surface area contributed by atoms with Crippen molar-refractivity contribution in [3.05, 3.63) is 27.2 Å². The van der Waals surface area contributed by atoms with E-state index in [-0.39, 0.29) is 24.0 Å². The molecule has 9 heteroatoms. The van der Waals surface area contributed by atoms with Gasteiger partial charge in [0, 0.05) is 27.7 Å². The number of hydrogen-bond donors (Lipinski definition) is 0. The standard InChI is InChI=1S/C16H24N4O5/c1-11(25-12(21)9-24-4)7-5-6-8-20-15(22)13-14(17-10-18(13)2)19(3)16(20)23/h10-11H,5-9H2,1-4H3/t11-/m1/s1. The smallest absolute Gasteiger partial charge is 0.332 e. The maximum Gasteiger partial charge on any atom is 0.332 e. The van der Waals surface area contributed by atoms with Crippen LogP contribution >= 0.6 is 0 Å². The van der Waals surface area contributed by atoms with E-state index in [9.17, 15) is 14.4 Å². The topological polar surface area (TPSA) is 97.3 Å². The van der Waals surface area contributed by atoms with Gasteiger partial charge in [-0.3, -0.25) is 13.9 Å². The van der Waals surface area contributed by atoms with Gasteiger partial charge in [-0.15, -0.1) is 0 Å². The van der Waals surface area contributed by atoms with Crippen molar-refractivity contribution in [3.8, 4) is 0 Å². The van der Waals surface area contributed by atoms with Crippen LogP contribution in [0.4, 0.5) is 0 Å². The molecule has 2 rings (SSSR count). The molecule has 0 aliphatic carbocycles. The lowest BCUT2D eigenvalue weighted by atomic mass is 10.1. The van der Waals surface area contributed by atoms with E-state index < -0.39 is 5.97 Å². The molecule has 0 aliphatic heterocycles. The Labute approximate surface area is 144 Å². The molecular weight excluding hydrogens is 328 g/mol. The van der Waals surface area contributed by atoms with Crippen LogP contribution in [0, 0.1) is 0 Å². The fourth-order valence-electron chi connectivity index (χ4n) is 2.73. The Bertz CT molecular complexity index is 864. The lowest BCUT2D eigenvalue weighted by Gasteiger charge is -2.13. The Morgan fingerprint density at radius 2 is 2.00 bits per heavy atom. The Hall–Kier alpha value is -2.42. The second-order valence-corrected chi connectivity index (χ2v) is 6.06. The Kier molecular flexibility index (Phi) is 6.13. The number of rotatable bonds is 8. The molecule has 138 valence electrons. The lowest BCUT2D eigenvalue weighted by Crippen LogP contribution is -2.39. The van der Waals surface area contributed by atoms with Crippen LogP contribution in [0.25, 0.3) is 11.2 Å². The molecule has 0 bridgehead atoms. The number of hydrogen-bond acceptors (Lipinski definition) is 6. The van der Waals surface area contributed by atoms with E-state index in [0.29, 0.717) is 30.6 Å². The number of nitrogens with zero attached hydrogens (tertiary/aromatic N) is 4. The quantitative estimate of drug-likeness (QED) is 0.497. The van der Waals surface area contributed by atoms with Crippen LogP contribution in [0.1, 0.15) is 26.2 Å². The van der Waals surface area contributed by atoms with Gasteiger partial charge in [0.1, 0.15) is 6.61 Å². The summed E-state index contributed by atoms with van der Waals surface area (Å²) in [4.78, 5) is 40.3. The van der Waals surface area contributed by atoms with Gasteiger partial charge in [0.25, 0.3) is 5.56 Å². The van der Waals surface area contributed by atoms with E-state index in [1.807, 2.05) is 0 Å². The van der Waals surface area contributed by atoms with E-state index >= 15 is 0 Å². The van der Waals surface area contributed by atoms with Crippen molar-refractivity contribution in [2.45, 2.75) is 38.8 Å². The number of fused-ring (bicyclic) bond motifs is 1. The minimum Gasteiger partial charge on any atom is -0.461 e. The average molecular weight is 352 g/mol. The summed E-state index contributed by atoms with van der Waals surface area (Å²) in [6.45, 7) is 2.05. The molecule has 0 saturated carbocycles. The first-order chi connectivity index (χ1) is 11.9. The summed E-state index contributed by atoms with van der Waals surface area (Å²) in [7, 11) is 4.76. The third-order valence-corrected chi connectivity index (χ3v) is 4.04. The number of esters is 1. The second-order valence-electron chi connectivity index (χ2n) is 6.06. The first kappa shape index (κ1) is 18.9. The molecule has 9 nitrogen and oxygen atoms in total. The normalized spacial score (nSPS) is 12.5. The number of methoxy groups -OCH3 is 1. The van der Waals surface area contributed by atoms with Gasteiger partial charge in [-0.1, -0.05) is 0 Å². The van der Waals surface area contributed by atoms with Crippen LogP contribution in [0.15, 0.2) is 15.9 Å². The third kappa shape index (κ3) is 4.16. The number of unbranched alkanes of at least 4 members (excludes halogenated alkanes) is 1. The first-order valence-electron chi connectivity index (χ1n) is 8.16. The summed E-state index contributed by atoms with van der Waals surface area (Å²) >= 11 is 0. The Morgan fingerprint density at radius 1 is 1.28 bits per heavy atom. The van der Waals surface area contributed by atoms with Gasteiger partial charge in [0.15, 0.2) is 11.2 Å². The minimum absolute atomic E-state index is 0.0690. The van der Waals surface area contributed by atoms with E-state index in [2.05, 4.69) is 4.98 Å². The van der Waals surface area contributed by atoms with E-state index in [1.165, 1.54) is 22.6 Å². The predicted molar refractivity (Wildman–Crippen MR) is 91.5 cm³/mol. The number of carbonyl (C=O) groups is 1. The maximum atomic E-state index is 12.5. The molecule has 0 spiro atoms. The van der Waals surface area contributed by atoms with Crippen LogP contribution in [0.5, 0.6) is 0 Å². The van der Waals surface area contributed by atoms with Gasteiger partial charge in [-0.05, 0) is 26.2 Å². The van der Waals surface area contributed by atoms with Crippen LogP contribution in [-0.2, 0) is 34.9 Å². The molecule has 0 amide bonds. The molecular formula is C16H24N4O5. The molecule has 2 aromatic heterocycles. The number of carbonyl (C=O) groups excluding carboxylic acids is 1. The van der Waals surface area contributed by atoms with Crippen molar-refractivity contribution in [2.75, 3.05) is 13.7 Å². The van der Waals surface area contributed by atoms with Gasteiger partial charge in [-0.25, -0.2) is 14.6 Å². The first-order valence-corrected chi connectivity index (χ1v) is 8.16. The molecule has 0 N–H and O–H groups in total. The molecule has 0 saturated heterocycles. The average Bonchev–Trinajstić information content (AvgIpc) is 2.94. The Balaban J connectivity index is 2.00. The largest absolute Gasteiger partial charge is 0.461 e. The van der Waals surface area contributed by atoms with E-state index in [1.54, 1.807) is 25.6 Å². The van der Waals surface area contributed by atoms with E-state index in [0.717, 1.165) is 6.42 Å². The van der Waals surface area contributed by atoms with Crippen molar-refractivity contribution < 1.29 is 14.3 Å². The van der Waals surface area contributed by atoms with Crippen molar-refractivity contribution in [2.24, 2.45) is 14.1 Å². The van der Waals surface area contributed by atoms with Crippen molar-refractivity contribution >= 4 is 17.1 Å². The highest BCUT2D eigenvalue weighted by molar-refractivity contribution is 5.71. The van der Waals surface area contributed by atoms with Crippen LogP contribution in [0.3, 0.4) is 0 Å². The summed E-state index contributed by atoms with van der Waals surface area (Å²) in [6.07, 6.45) is 3.29. The predicted octanol–water partition coefficient (Wildman–Crippen LogP) is 0.182. The highest BCUT2D eigenvalue weighted by Gasteiger charge is 2.15. The van der Waals surface area contributed by atoms with Gasteiger partial charge < -0.3 is 14.0 Å². The summed E-state index contributed by atoms with van der Waals surface area (Å²) in [5, 5.41) is 0. The van der Waals surface area contributed by atoms with Crippen LogP contribution in [-0.4, -0.2) is 44.5 Å². The summed E-state index contributed by atoms with van der Waals surface area (Å²) < 4.78 is 14.1. The second kappa shape index (κ2) is 8.11. The number of ether oxygens (including phenoxy) is 2. The molecule has 25 heavy (non-hydrogen) atoms. The molecule has 0 unspecified atom stereocenters. The maximum absolute atomic E-state index is 12.5. The van der Waals surface area contributed by atoms with Crippen molar-refractivity contribution in [3.63, 3.8) is 0 Å².